The zero-order valence-electron chi connectivity index (χ0n) is 8.50. The van der Waals surface area contributed by atoms with Crippen molar-refractivity contribution in [2.75, 3.05) is 0 Å². The summed E-state index contributed by atoms with van der Waals surface area (Å²) < 4.78 is 5.74. The van der Waals surface area contributed by atoms with Crippen LogP contribution in [0, 0.1) is 6.92 Å². The lowest BCUT2D eigenvalue weighted by Gasteiger charge is -2.17. The van der Waals surface area contributed by atoms with Gasteiger partial charge in [0.25, 0.3) is 0 Å². The minimum absolute atomic E-state index is 0.180. The fourth-order valence-corrected chi connectivity index (χ4v) is 1.48. The largest absolute Gasteiger partial charge is 0.489 e. The lowest BCUT2D eigenvalue weighted by atomic mass is 10.1. The van der Waals surface area contributed by atoms with Crippen molar-refractivity contribution >= 4 is 11.6 Å². The standard InChI is InChI=1S/C12H16ClO/c1-3-7-10(4-2)14-12-9-6-5-8-11(12)13/h5-6,8-10H,2-4,7H2,1H3/t10-/m0/s1. The summed E-state index contributed by atoms with van der Waals surface area (Å²) in [5.41, 5.74) is 0. The molecule has 0 aromatic heterocycles. The molecule has 0 saturated carbocycles. The number of benzene rings is 1. The summed E-state index contributed by atoms with van der Waals surface area (Å²) in [5.74, 6) is 0.760. The van der Waals surface area contributed by atoms with Gasteiger partial charge in [-0.15, -0.1) is 0 Å². The van der Waals surface area contributed by atoms with Crippen LogP contribution in [0.15, 0.2) is 24.3 Å². The predicted molar refractivity (Wildman–Crippen MR) is 60.8 cm³/mol. The summed E-state index contributed by atoms with van der Waals surface area (Å²) in [7, 11) is 0. The van der Waals surface area contributed by atoms with Crippen LogP contribution >= 0.6 is 11.6 Å². The van der Waals surface area contributed by atoms with E-state index in [1.807, 2.05) is 24.3 Å². The van der Waals surface area contributed by atoms with E-state index in [9.17, 15) is 0 Å². The zero-order valence-corrected chi connectivity index (χ0v) is 9.26. The highest BCUT2D eigenvalue weighted by Crippen LogP contribution is 2.25. The summed E-state index contributed by atoms with van der Waals surface area (Å²) in [6.07, 6.45) is 3.08. The lowest BCUT2D eigenvalue weighted by Crippen LogP contribution is -2.14. The molecule has 1 radical (unpaired) electrons. The van der Waals surface area contributed by atoms with E-state index in [-0.39, 0.29) is 6.10 Å². The number of ether oxygens (including phenoxy) is 1. The first-order chi connectivity index (χ1) is 6.77. The Morgan fingerprint density at radius 1 is 1.43 bits per heavy atom. The summed E-state index contributed by atoms with van der Waals surface area (Å²) in [5, 5.41) is 0.669. The highest BCUT2D eigenvalue weighted by atomic mass is 35.5. The van der Waals surface area contributed by atoms with Crippen molar-refractivity contribution in [2.45, 2.75) is 32.3 Å². The van der Waals surface area contributed by atoms with E-state index in [1.165, 1.54) is 0 Å². The van der Waals surface area contributed by atoms with Crippen molar-refractivity contribution in [1.82, 2.24) is 0 Å². The Morgan fingerprint density at radius 2 is 2.14 bits per heavy atom. The molecule has 77 valence electrons. The molecular weight excluding hydrogens is 196 g/mol. The molecule has 0 N–H and O–H groups in total. The maximum Gasteiger partial charge on any atom is 0.138 e. The molecule has 0 unspecified atom stereocenters. The average molecular weight is 212 g/mol. The van der Waals surface area contributed by atoms with E-state index < -0.39 is 0 Å². The van der Waals surface area contributed by atoms with Crippen molar-refractivity contribution in [1.29, 1.82) is 0 Å². The molecule has 1 atom stereocenters. The molecule has 14 heavy (non-hydrogen) atoms. The highest BCUT2D eigenvalue weighted by Gasteiger charge is 2.08. The van der Waals surface area contributed by atoms with Crippen molar-refractivity contribution in [2.24, 2.45) is 0 Å². The molecule has 1 aromatic carbocycles. The molecule has 1 rings (SSSR count). The third-order valence-electron chi connectivity index (χ3n) is 2.06. The van der Waals surface area contributed by atoms with Crippen LogP contribution in [0.1, 0.15) is 26.2 Å². The number of halogens is 1. The van der Waals surface area contributed by atoms with Gasteiger partial charge in [-0.3, -0.25) is 0 Å². The quantitative estimate of drug-likeness (QED) is 0.712. The van der Waals surface area contributed by atoms with Crippen molar-refractivity contribution in [3.05, 3.63) is 36.2 Å². The summed E-state index contributed by atoms with van der Waals surface area (Å²) in [6, 6.07) is 7.55. The molecule has 2 heteroatoms. The van der Waals surface area contributed by atoms with Crippen LogP contribution in [0.5, 0.6) is 5.75 Å². The third kappa shape index (κ3) is 3.22. The van der Waals surface area contributed by atoms with Gasteiger partial charge in [0.05, 0.1) is 11.1 Å². The van der Waals surface area contributed by atoms with Crippen LogP contribution in [0.4, 0.5) is 0 Å². The van der Waals surface area contributed by atoms with E-state index in [4.69, 9.17) is 16.3 Å². The number of hydrogen-bond donors (Lipinski definition) is 0. The van der Waals surface area contributed by atoms with Crippen LogP contribution in [-0.2, 0) is 0 Å². The van der Waals surface area contributed by atoms with E-state index in [0.717, 1.165) is 25.0 Å². The van der Waals surface area contributed by atoms with E-state index in [1.54, 1.807) is 0 Å². The normalized spacial score (nSPS) is 12.5. The second-order valence-corrected chi connectivity index (χ2v) is 3.65. The Kier molecular flexibility index (Phi) is 4.81. The Morgan fingerprint density at radius 3 is 2.71 bits per heavy atom. The lowest BCUT2D eigenvalue weighted by molar-refractivity contribution is 0.192. The molecular formula is C12H16ClO. The molecule has 0 aliphatic carbocycles. The first kappa shape index (κ1) is 11.4. The predicted octanol–water partition coefficient (Wildman–Crippen LogP) is 4.11. The molecule has 0 aliphatic heterocycles. The van der Waals surface area contributed by atoms with Gasteiger partial charge in [0, 0.05) is 0 Å². The van der Waals surface area contributed by atoms with Crippen LogP contribution in [0.2, 0.25) is 5.02 Å². The summed E-state index contributed by atoms with van der Waals surface area (Å²) in [4.78, 5) is 0. The zero-order chi connectivity index (χ0) is 10.4. The van der Waals surface area contributed by atoms with E-state index in [2.05, 4.69) is 13.8 Å². The smallest absolute Gasteiger partial charge is 0.138 e. The second kappa shape index (κ2) is 5.92. The fraction of sp³-hybridized carbons (Fsp3) is 0.417. The topological polar surface area (TPSA) is 9.23 Å². The minimum atomic E-state index is 0.180. The number of para-hydroxylation sites is 1. The Balaban J connectivity index is 2.62. The van der Waals surface area contributed by atoms with Crippen LogP contribution < -0.4 is 4.74 Å². The first-order valence-corrected chi connectivity index (χ1v) is 5.36. The van der Waals surface area contributed by atoms with Gasteiger partial charge in [-0.2, -0.15) is 0 Å². The SMILES string of the molecule is [CH2]C[C@@H](CCC)Oc1ccccc1Cl. The van der Waals surface area contributed by atoms with Gasteiger partial charge in [0.15, 0.2) is 0 Å². The Hall–Kier alpha value is -0.690. The molecule has 0 fully saturated rings. The Bertz CT molecular complexity index is 273. The van der Waals surface area contributed by atoms with Crippen molar-refractivity contribution in [3.8, 4) is 5.75 Å². The highest BCUT2D eigenvalue weighted by molar-refractivity contribution is 6.32. The maximum atomic E-state index is 5.98. The average Bonchev–Trinajstić information content (AvgIpc) is 2.20. The molecule has 0 heterocycles. The van der Waals surface area contributed by atoms with Gasteiger partial charge in [0.1, 0.15) is 5.75 Å². The van der Waals surface area contributed by atoms with Crippen molar-refractivity contribution < 1.29 is 4.74 Å². The van der Waals surface area contributed by atoms with Gasteiger partial charge < -0.3 is 4.74 Å². The van der Waals surface area contributed by atoms with Crippen molar-refractivity contribution in [3.63, 3.8) is 0 Å². The molecule has 0 aliphatic rings. The molecule has 0 bridgehead atoms. The molecule has 0 amide bonds. The monoisotopic (exact) mass is 211 g/mol. The number of hydrogen-bond acceptors (Lipinski definition) is 1. The fourth-order valence-electron chi connectivity index (χ4n) is 1.30. The summed E-state index contributed by atoms with van der Waals surface area (Å²) >= 11 is 5.98. The van der Waals surface area contributed by atoms with Gasteiger partial charge in [-0.25, -0.2) is 0 Å². The van der Waals surface area contributed by atoms with Gasteiger partial charge in [-0.05, 0) is 31.9 Å². The second-order valence-electron chi connectivity index (χ2n) is 3.25. The molecule has 1 aromatic rings. The third-order valence-corrected chi connectivity index (χ3v) is 2.38. The molecule has 0 saturated heterocycles. The first-order valence-electron chi connectivity index (χ1n) is 4.98. The summed E-state index contributed by atoms with van der Waals surface area (Å²) in [6.45, 7) is 6.00. The maximum absolute atomic E-state index is 5.98. The Labute approximate surface area is 91.0 Å². The van der Waals surface area contributed by atoms with Gasteiger partial charge in [-0.1, -0.05) is 37.1 Å². The molecule has 0 spiro atoms. The van der Waals surface area contributed by atoms with Gasteiger partial charge in [0.2, 0.25) is 0 Å². The number of rotatable bonds is 5. The minimum Gasteiger partial charge on any atom is -0.489 e. The van der Waals surface area contributed by atoms with Crippen LogP contribution in [0.3, 0.4) is 0 Å². The van der Waals surface area contributed by atoms with Crippen LogP contribution in [-0.4, -0.2) is 6.10 Å². The van der Waals surface area contributed by atoms with E-state index in [0.29, 0.717) is 5.02 Å². The van der Waals surface area contributed by atoms with E-state index >= 15 is 0 Å². The van der Waals surface area contributed by atoms with Gasteiger partial charge >= 0.3 is 0 Å². The molecule has 1 nitrogen and oxygen atoms in total. The van der Waals surface area contributed by atoms with Crippen LogP contribution in [0.25, 0.3) is 0 Å².